The van der Waals surface area contributed by atoms with Crippen molar-refractivity contribution in [2.45, 2.75) is 24.9 Å². The standard InChI is InChI=1S/C17H22N6O4/c24-12-17(21-6-8-26-9-7-21,16(25)27-22-4-2-1-3-5-22)23-15-14(11-20-23)10-18-13-19-15/h10-13H,1-9H2. The number of fused-ring (bicyclic) bond motifs is 1. The Bertz CT molecular complexity index is 815. The quantitative estimate of drug-likeness (QED) is 0.526. The molecule has 4 rings (SSSR count). The van der Waals surface area contributed by atoms with Crippen LogP contribution in [0.25, 0.3) is 11.0 Å². The molecule has 4 heterocycles. The summed E-state index contributed by atoms with van der Waals surface area (Å²) in [6.07, 6.45) is 8.12. The summed E-state index contributed by atoms with van der Waals surface area (Å²) in [5, 5.41) is 6.58. The molecule has 1 unspecified atom stereocenters. The zero-order valence-corrected chi connectivity index (χ0v) is 15.0. The normalized spacial score (nSPS) is 21.6. The van der Waals surface area contributed by atoms with Gasteiger partial charge in [0.25, 0.3) is 5.66 Å². The predicted octanol–water partition coefficient (Wildman–Crippen LogP) is -0.0457. The number of aldehydes is 1. The number of morpholine rings is 1. The number of carbonyl (C=O) groups excluding carboxylic acids is 2. The number of hydrogen-bond acceptors (Lipinski definition) is 9. The van der Waals surface area contributed by atoms with Gasteiger partial charge in [0.15, 0.2) is 11.9 Å². The van der Waals surface area contributed by atoms with Crippen LogP contribution in [0.15, 0.2) is 18.7 Å². The molecular weight excluding hydrogens is 352 g/mol. The maximum Gasteiger partial charge on any atom is 0.376 e. The Morgan fingerprint density at radius 3 is 2.67 bits per heavy atom. The van der Waals surface area contributed by atoms with Crippen molar-refractivity contribution >= 4 is 23.3 Å². The van der Waals surface area contributed by atoms with E-state index in [0.29, 0.717) is 56.7 Å². The van der Waals surface area contributed by atoms with Crippen LogP contribution in [0.1, 0.15) is 19.3 Å². The van der Waals surface area contributed by atoms with Crippen LogP contribution in [-0.2, 0) is 24.8 Å². The summed E-state index contributed by atoms with van der Waals surface area (Å²) < 4.78 is 6.74. The molecule has 0 radical (unpaired) electrons. The van der Waals surface area contributed by atoms with Gasteiger partial charge in [-0.2, -0.15) is 5.10 Å². The van der Waals surface area contributed by atoms with E-state index in [1.54, 1.807) is 22.4 Å². The van der Waals surface area contributed by atoms with Gasteiger partial charge in [0.1, 0.15) is 6.33 Å². The smallest absolute Gasteiger partial charge is 0.376 e. The largest absolute Gasteiger partial charge is 0.379 e. The lowest BCUT2D eigenvalue weighted by Crippen LogP contribution is -2.62. The van der Waals surface area contributed by atoms with Crippen LogP contribution in [0, 0.1) is 0 Å². The molecule has 10 heteroatoms. The Hall–Kier alpha value is -2.43. The molecule has 10 nitrogen and oxygen atoms in total. The molecule has 2 aromatic heterocycles. The van der Waals surface area contributed by atoms with E-state index in [1.165, 1.54) is 11.0 Å². The third-order valence-electron chi connectivity index (χ3n) is 5.04. The zero-order valence-electron chi connectivity index (χ0n) is 15.0. The van der Waals surface area contributed by atoms with Gasteiger partial charge in [-0.3, -0.25) is 9.69 Å². The Kier molecular flexibility index (Phi) is 5.10. The maximum atomic E-state index is 13.3. The average molecular weight is 374 g/mol. The molecule has 2 aromatic rings. The second-order valence-electron chi connectivity index (χ2n) is 6.67. The van der Waals surface area contributed by atoms with Gasteiger partial charge in [0.2, 0.25) is 0 Å². The SMILES string of the molecule is O=CC(C(=O)ON1CCCCC1)(N1CCOCC1)n1ncc2cncnc21. The third-order valence-corrected chi connectivity index (χ3v) is 5.04. The molecule has 0 spiro atoms. The van der Waals surface area contributed by atoms with E-state index in [1.807, 2.05) is 0 Å². The highest BCUT2D eigenvalue weighted by Gasteiger charge is 2.51. The van der Waals surface area contributed by atoms with Crippen molar-refractivity contribution in [3.63, 3.8) is 0 Å². The first kappa shape index (κ1) is 18.0. The molecule has 1 atom stereocenters. The minimum absolute atomic E-state index is 0.402. The Labute approximate surface area is 156 Å². The van der Waals surface area contributed by atoms with Crippen LogP contribution in [0.2, 0.25) is 0 Å². The van der Waals surface area contributed by atoms with E-state index >= 15 is 0 Å². The van der Waals surface area contributed by atoms with E-state index in [0.717, 1.165) is 19.3 Å². The molecule has 0 bridgehead atoms. The van der Waals surface area contributed by atoms with Crippen molar-refractivity contribution in [3.05, 3.63) is 18.7 Å². The summed E-state index contributed by atoms with van der Waals surface area (Å²) in [6, 6.07) is 0. The summed E-state index contributed by atoms with van der Waals surface area (Å²) in [6.45, 7) is 2.96. The summed E-state index contributed by atoms with van der Waals surface area (Å²) in [7, 11) is 0. The van der Waals surface area contributed by atoms with Gasteiger partial charge in [0, 0.05) is 32.4 Å². The number of hydrogen-bond donors (Lipinski definition) is 0. The Morgan fingerprint density at radius 1 is 1.15 bits per heavy atom. The van der Waals surface area contributed by atoms with Crippen LogP contribution >= 0.6 is 0 Å². The van der Waals surface area contributed by atoms with Crippen molar-refractivity contribution in [2.75, 3.05) is 39.4 Å². The first-order valence-corrected chi connectivity index (χ1v) is 9.16. The first-order chi connectivity index (χ1) is 13.3. The van der Waals surface area contributed by atoms with Gasteiger partial charge >= 0.3 is 5.97 Å². The number of piperidine rings is 1. The number of hydroxylamine groups is 2. The summed E-state index contributed by atoms with van der Waals surface area (Å²) >= 11 is 0. The fourth-order valence-electron chi connectivity index (χ4n) is 3.59. The van der Waals surface area contributed by atoms with Crippen molar-refractivity contribution in [1.82, 2.24) is 29.7 Å². The molecule has 144 valence electrons. The van der Waals surface area contributed by atoms with Crippen LogP contribution in [0.4, 0.5) is 0 Å². The summed E-state index contributed by atoms with van der Waals surface area (Å²) in [4.78, 5) is 41.4. The highest BCUT2D eigenvalue weighted by molar-refractivity contribution is 5.96. The van der Waals surface area contributed by atoms with Gasteiger partial charge in [-0.25, -0.2) is 19.4 Å². The molecule has 0 N–H and O–H groups in total. The highest BCUT2D eigenvalue weighted by atomic mass is 16.7. The second-order valence-corrected chi connectivity index (χ2v) is 6.67. The van der Waals surface area contributed by atoms with Gasteiger partial charge in [0.05, 0.1) is 24.8 Å². The maximum absolute atomic E-state index is 13.3. The number of carbonyl (C=O) groups is 2. The predicted molar refractivity (Wildman–Crippen MR) is 93.3 cm³/mol. The van der Waals surface area contributed by atoms with Crippen LogP contribution in [0.3, 0.4) is 0 Å². The van der Waals surface area contributed by atoms with E-state index < -0.39 is 11.6 Å². The molecular formula is C17H22N6O4. The van der Waals surface area contributed by atoms with Crippen LogP contribution < -0.4 is 0 Å². The molecule has 2 saturated heterocycles. The lowest BCUT2D eigenvalue weighted by Gasteiger charge is -2.40. The lowest BCUT2D eigenvalue weighted by molar-refractivity contribution is -0.216. The molecule has 2 aliphatic rings. The van der Waals surface area contributed by atoms with Gasteiger partial charge < -0.3 is 9.57 Å². The molecule has 2 fully saturated rings. The third kappa shape index (κ3) is 3.20. The number of aromatic nitrogens is 4. The van der Waals surface area contributed by atoms with Crippen LogP contribution in [-0.4, -0.2) is 81.4 Å². The highest BCUT2D eigenvalue weighted by Crippen LogP contribution is 2.27. The first-order valence-electron chi connectivity index (χ1n) is 9.16. The van der Waals surface area contributed by atoms with E-state index in [9.17, 15) is 9.59 Å². The van der Waals surface area contributed by atoms with Crippen molar-refractivity contribution in [1.29, 1.82) is 0 Å². The zero-order chi connectivity index (χ0) is 18.7. The number of nitrogens with zero attached hydrogens (tertiary/aromatic N) is 6. The average Bonchev–Trinajstić information content (AvgIpc) is 3.15. The molecule has 0 amide bonds. The van der Waals surface area contributed by atoms with Crippen molar-refractivity contribution in [2.24, 2.45) is 0 Å². The van der Waals surface area contributed by atoms with E-state index in [4.69, 9.17) is 9.57 Å². The fraction of sp³-hybridized carbons (Fsp3) is 0.588. The monoisotopic (exact) mass is 374 g/mol. The topological polar surface area (TPSA) is 103 Å². The molecule has 27 heavy (non-hydrogen) atoms. The van der Waals surface area contributed by atoms with Gasteiger partial charge in [-0.15, -0.1) is 5.06 Å². The molecule has 2 aliphatic heterocycles. The molecule has 0 aliphatic carbocycles. The van der Waals surface area contributed by atoms with Crippen molar-refractivity contribution in [3.8, 4) is 0 Å². The second kappa shape index (κ2) is 7.67. The summed E-state index contributed by atoms with van der Waals surface area (Å²) in [5.74, 6) is -0.676. The Balaban J connectivity index is 1.76. The Morgan fingerprint density at radius 2 is 1.93 bits per heavy atom. The van der Waals surface area contributed by atoms with Gasteiger partial charge in [-0.1, -0.05) is 6.42 Å². The molecule has 0 aromatic carbocycles. The number of ether oxygens (including phenoxy) is 1. The van der Waals surface area contributed by atoms with Gasteiger partial charge in [-0.05, 0) is 12.8 Å². The molecule has 0 saturated carbocycles. The fourth-order valence-corrected chi connectivity index (χ4v) is 3.59. The summed E-state index contributed by atoms with van der Waals surface area (Å²) in [5.41, 5.74) is -1.34. The number of rotatable bonds is 5. The lowest BCUT2D eigenvalue weighted by atomic mass is 10.1. The van der Waals surface area contributed by atoms with Crippen molar-refractivity contribution < 1.29 is 19.2 Å². The minimum atomic E-state index is -1.74. The van der Waals surface area contributed by atoms with Crippen LogP contribution in [0.5, 0.6) is 0 Å². The van der Waals surface area contributed by atoms with E-state index in [-0.39, 0.29) is 0 Å². The minimum Gasteiger partial charge on any atom is -0.379 e. The van der Waals surface area contributed by atoms with E-state index in [2.05, 4.69) is 15.1 Å².